The first-order chi connectivity index (χ1) is 7.45. The van der Waals surface area contributed by atoms with Gasteiger partial charge >= 0.3 is 5.97 Å². The number of carbonyl (C=O) groups is 1. The molecule has 0 saturated heterocycles. The fraction of sp³-hybridized carbons (Fsp3) is 0.364. The lowest BCUT2D eigenvalue weighted by atomic mass is 10.0. The van der Waals surface area contributed by atoms with Gasteiger partial charge in [0.25, 0.3) is 0 Å². The number of hydrogen-bond acceptors (Lipinski definition) is 4. The van der Waals surface area contributed by atoms with Crippen LogP contribution in [0.3, 0.4) is 0 Å². The molecule has 4 nitrogen and oxygen atoms in total. The molecule has 4 N–H and O–H groups in total. The third-order valence-corrected chi connectivity index (χ3v) is 3.18. The average Bonchev–Trinajstić information content (AvgIpc) is 2.22. The third-order valence-electron chi connectivity index (χ3n) is 2.36. The van der Waals surface area contributed by atoms with Crippen molar-refractivity contribution in [2.75, 3.05) is 6.26 Å². The van der Waals surface area contributed by atoms with Gasteiger partial charge in [0.1, 0.15) is 11.8 Å². The van der Waals surface area contributed by atoms with E-state index < -0.39 is 12.0 Å². The Morgan fingerprint density at radius 1 is 1.56 bits per heavy atom. The number of carboxylic acids is 1. The van der Waals surface area contributed by atoms with E-state index in [9.17, 15) is 9.90 Å². The Morgan fingerprint density at radius 3 is 2.69 bits per heavy atom. The Kier molecular flexibility index (Phi) is 4.20. The molecule has 0 saturated carbocycles. The van der Waals surface area contributed by atoms with Gasteiger partial charge in [0, 0.05) is 4.90 Å². The Labute approximate surface area is 98.5 Å². The van der Waals surface area contributed by atoms with Gasteiger partial charge < -0.3 is 15.9 Å². The van der Waals surface area contributed by atoms with Crippen molar-refractivity contribution < 1.29 is 15.0 Å². The normalized spacial score (nSPS) is 12.4. The van der Waals surface area contributed by atoms with Crippen LogP contribution in [0, 0.1) is 6.92 Å². The fourth-order valence-electron chi connectivity index (χ4n) is 1.39. The predicted molar refractivity (Wildman–Crippen MR) is 63.9 cm³/mol. The summed E-state index contributed by atoms with van der Waals surface area (Å²) in [6.07, 6.45) is 2.13. The van der Waals surface area contributed by atoms with Gasteiger partial charge in [0.05, 0.1) is 0 Å². The molecule has 0 aliphatic heterocycles. The second-order valence-electron chi connectivity index (χ2n) is 3.60. The van der Waals surface area contributed by atoms with E-state index in [0.29, 0.717) is 0 Å². The molecule has 0 amide bonds. The van der Waals surface area contributed by atoms with Crippen LogP contribution in [-0.4, -0.2) is 28.5 Å². The number of hydrogen-bond donors (Lipinski definition) is 3. The van der Waals surface area contributed by atoms with Crippen molar-refractivity contribution in [3.05, 3.63) is 23.3 Å². The summed E-state index contributed by atoms with van der Waals surface area (Å²) in [7, 11) is 0. The number of aromatic hydroxyl groups is 1. The summed E-state index contributed by atoms with van der Waals surface area (Å²) >= 11 is 1.51. The van der Waals surface area contributed by atoms with Crippen LogP contribution in [0.15, 0.2) is 17.0 Å². The Morgan fingerprint density at radius 2 is 2.19 bits per heavy atom. The average molecular weight is 241 g/mol. The highest BCUT2D eigenvalue weighted by molar-refractivity contribution is 7.98. The minimum Gasteiger partial charge on any atom is -0.508 e. The molecule has 88 valence electrons. The maximum atomic E-state index is 10.7. The quantitative estimate of drug-likeness (QED) is 0.693. The van der Waals surface area contributed by atoms with Gasteiger partial charge in [-0.3, -0.25) is 4.79 Å². The van der Waals surface area contributed by atoms with E-state index in [-0.39, 0.29) is 12.2 Å². The molecular formula is C11H15NO3S. The topological polar surface area (TPSA) is 83.5 Å². The van der Waals surface area contributed by atoms with Gasteiger partial charge in [-0.2, -0.15) is 0 Å². The predicted octanol–water partition coefficient (Wildman–Crippen LogP) is 1.38. The summed E-state index contributed by atoms with van der Waals surface area (Å²) in [4.78, 5) is 11.6. The van der Waals surface area contributed by atoms with Crippen molar-refractivity contribution in [2.24, 2.45) is 5.73 Å². The van der Waals surface area contributed by atoms with Crippen LogP contribution in [0.5, 0.6) is 5.75 Å². The van der Waals surface area contributed by atoms with E-state index in [4.69, 9.17) is 10.8 Å². The van der Waals surface area contributed by atoms with Gasteiger partial charge in [-0.25, -0.2) is 0 Å². The first-order valence-electron chi connectivity index (χ1n) is 4.80. The zero-order valence-electron chi connectivity index (χ0n) is 9.23. The van der Waals surface area contributed by atoms with Gasteiger partial charge in [0.15, 0.2) is 0 Å². The van der Waals surface area contributed by atoms with Gasteiger partial charge in [-0.15, -0.1) is 11.8 Å². The molecule has 0 aliphatic rings. The van der Waals surface area contributed by atoms with E-state index in [1.165, 1.54) is 11.8 Å². The molecule has 0 bridgehead atoms. The summed E-state index contributed by atoms with van der Waals surface area (Å²) in [6, 6.07) is 2.49. The molecule has 0 fully saturated rings. The molecule has 0 aromatic heterocycles. The van der Waals surface area contributed by atoms with E-state index >= 15 is 0 Å². The van der Waals surface area contributed by atoms with E-state index in [1.54, 1.807) is 13.0 Å². The molecule has 1 rings (SSSR count). The van der Waals surface area contributed by atoms with E-state index in [0.717, 1.165) is 16.0 Å². The van der Waals surface area contributed by atoms with Crippen LogP contribution in [0.25, 0.3) is 0 Å². The van der Waals surface area contributed by atoms with E-state index in [2.05, 4.69) is 0 Å². The lowest BCUT2D eigenvalue weighted by molar-refractivity contribution is -0.138. The minimum absolute atomic E-state index is 0.172. The van der Waals surface area contributed by atoms with Crippen molar-refractivity contribution >= 4 is 17.7 Å². The fourth-order valence-corrected chi connectivity index (χ4v) is 2.09. The molecule has 1 aromatic carbocycles. The highest BCUT2D eigenvalue weighted by atomic mass is 32.2. The number of phenolic OH excluding ortho intramolecular Hbond substituents is 1. The molecule has 16 heavy (non-hydrogen) atoms. The molecule has 1 atom stereocenters. The highest BCUT2D eigenvalue weighted by Gasteiger charge is 2.15. The summed E-state index contributed by atoms with van der Waals surface area (Å²) in [6.45, 7) is 1.80. The number of benzene rings is 1. The minimum atomic E-state index is -1.04. The largest absolute Gasteiger partial charge is 0.508 e. The second kappa shape index (κ2) is 5.23. The Balaban J connectivity index is 3.03. The highest BCUT2D eigenvalue weighted by Crippen LogP contribution is 2.28. The van der Waals surface area contributed by atoms with Crippen molar-refractivity contribution in [2.45, 2.75) is 24.3 Å². The number of phenols is 1. The van der Waals surface area contributed by atoms with Gasteiger partial charge in [0.2, 0.25) is 0 Å². The smallest absolute Gasteiger partial charge is 0.320 e. The number of nitrogens with two attached hydrogens (primary N) is 1. The maximum Gasteiger partial charge on any atom is 0.320 e. The number of carboxylic acid groups (broad SMARTS) is 1. The molecule has 0 heterocycles. The molecule has 5 heteroatoms. The number of rotatable bonds is 4. The molecule has 0 spiro atoms. The van der Waals surface area contributed by atoms with Gasteiger partial charge in [-0.05, 0) is 42.9 Å². The maximum absolute atomic E-state index is 10.7. The summed E-state index contributed by atoms with van der Waals surface area (Å²) in [5, 5.41) is 18.3. The zero-order valence-corrected chi connectivity index (χ0v) is 10.0. The Bertz CT molecular complexity index is 406. The second-order valence-corrected chi connectivity index (χ2v) is 4.45. The van der Waals surface area contributed by atoms with Crippen LogP contribution >= 0.6 is 11.8 Å². The summed E-state index contributed by atoms with van der Waals surface area (Å²) in [5.41, 5.74) is 7.01. The molecular weight excluding hydrogens is 226 g/mol. The van der Waals surface area contributed by atoms with Crippen LogP contribution in [-0.2, 0) is 11.2 Å². The lowest BCUT2D eigenvalue weighted by Crippen LogP contribution is -2.32. The van der Waals surface area contributed by atoms with Crippen LogP contribution in [0.1, 0.15) is 11.1 Å². The van der Waals surface area contributed by atoms with Crippen LogP contribution in [0.4, 0.5) is 0 Å². The molecule has 1 unspecified atom stereocenters. The number of thioether (sulfide) groups is 1. The van der Waals surface area contributed by atoms with Gasteiger partial charge in [-0.1, -0.05) is 0 Å². The van der Waals surface area contributed by atoms with Crippen molar-refractivity contribution in [3.63, 3.8) is 0 Å². The van der Waals surface area contributed by atoms with Crippen LogP contribution in [0.2, 0.25) is 0 Å². The van der Waals surface area contributed by atoms with Crippen molar-refractivity contribution in [1.82, 2.24) is 0 Å². The Hall–Kier alpha value is -1.20. The molecule has 0 aliphatic carbocycles. The first kappa shape index (κ1) is 12.9. The summed E-state index contributed by atoms with van der Waals surface area (Å²) < 4.78 is 0. The number of aryl methyl sites for hydroxylation is 1. The van der Waals surface area contributed by atoms with Crippen molar-refractivity contribution in [3.8, 4) is 5.75 Å². The first-order valence-corrected chi connectivity index (χ1v) is 6.03. The zero-order chi connectivity index (χ0) is 12.3. The molecule has 0 radical (unpaired) electrons. The van der Waals surface area contributed by atoms with Crippen molar-refractivity contribution in [1.29, 1.82) is 0 Å². The van der Waals surface area contributed by atoms with Crippen LogP contribution < -0.4 is 5.73 Å². The van der Waals surface area contributed by atoms with E-state index in [1.807, 2.05) is 12.3 Å². The third kappa shape index (κ3) is 2.90. The monoisotopic (exact) mass is 241 g/mol. The lowest BCUT2D eigenvalue weighted by Gasteiger charge is -2.12. The number of aliphatic carboxylic acids is 1. The molecule has 1 aromatic rings. The standard InChI is InChI=1S/C11H15NO3S/c1-6-3-10(16-2)7(5-9(6)13)4-8(12)11(14)15/h3,5,8,13H,4,12H2,1-2H3,(H,14,15). The SMILES string of the molecule is CSc1cc(C)c(O)cc1CC(N)C(=O)O. The summed E-state index contributed by atoms with van der Waals surface area (Å²) in [5.74, 6) is -0.863.